The lowest BCUT2D eigenvalue weighted by molar-refractivity contribution is 0.471. The molecular formula is C15H17FN4O. The number of nitrogens with one attached hydrogen (secondary N) is 1. The van der Waals surface area contributed by atoms with E-state index in [0.29, 0.717) is 17.4 Å². The second-order valence-corrected chi connectivity index (χ2v) is 4.87. The van der Waals surface area contributed by atoms with Gasteiger partial charge < -0.3 is 15.0 Å². The molecule has 0 spiro atoms. The third kappa shape index (κ3) is 3.66. The molecule has 0 aliphatic carbocycles. The summed E-state index contributed by atoms with van der Waals surface area (Å²) in [7, 11) is 0. The third-order valence-electron chi connectivity index (χ3n) is 3.27. The molecule has 1 N–H and O–H groups in total. The van der Waals surface area contributed by atoms with Crippen LogP contribution in [0.5, 0.6) is 11.5 Å². The van der Waals surface area contributed by atoms with Crippen molar-refractivity contribution in [3.8, 4) is 11.5 Å². The standard InChI is InChI=1S/C15H17FN4O/c16-12-3-1-4-13(9-12)21-14-10-18-15(19-11-14)20-7-2-5-17-6-8-20/h1,3-4,9-11,17H,2,5-8H2. The van der Waals surface area contributed by atoms with Gasteiger partial charge in [-0.15, -0.1) is 0 Å². The van der Waals surface area contributed by atoms with E-state index in [0.717, 1.165) is 32.6 Å². The van der Waals surface area contributed by atoms with Gasteiger partial charge in [-0.2, -0.15) is 0 Å². The maximum absolute atomic E-state index is 13.1. The van der Waals surface area contributed by atoms with Gasteiger partial charge in [-0.1, -0.05) is 6.07 Å². The average molecular weight is 288 g/mol. The van der Waals surface area contributed by atoms with Crippen molar-refractivity contribution in [1.82, 2.24) is 15.3 Å². The molecule has 3 rings (SSSR count). The number of anilines is 1. The summed E-state index contributed by atoms with van der Waals surface area (Å²) in [5, 5.41) is 3.34. The molecule has 1 aliphatic heterocycles. The van der Waals surface area contributed by atoms with Crippen LogP contribution in [0.25, 0.3) is 0 Å². The van der Waals surface area contributed by atoms with Crippen molar-refractivity contribution in [1.29, 1.82) is 0 Å². The highest BCUT2D eigenvalue weighted by atomic mass is 19.1. The smallest absolute Gasteiger partial charge is 0.225 e. The molecule has 0 unspecified atom stereocenters. The van der Waals surface area contributed by atoms with E-state index in [2.05, 4.69) is 20.2 Å². The second kappa shape index (κ2) is 6.49. The lowest BCUT2D eigenvalue weighted by Gasteiger charge is -2.19. The van der Waals surface area contributed by atoms with Crippen LogP contribution in [0.15, 0.2) is 36.7 Å². The summed E-state index contributed by atoms with van der Waals surface area (Å²) >= 11 is 0. The molecule has 1 saturated heterocycles. The molecule has 5 nitrogen and oxygen atoms in total. The van der Waals surface area contributed by atoms with Gasteiger partial charge in [0.1, 0.15) is 11.6 Å². The molecular weight excluding hydrogens is 271 g/mol. The van der Waals surface area contributed by atoms with Gasteiger partial charge in [-0.3, -0.25) is 0 Å². The van der Waals surface area contributed by atoms with Gasteiger partial charge in [0.25, 0.3) is 0 Å². The Labute approximate surface area is 122 Å². The highest BCUT2D eigenvalue weighted by Gasteiger charge is 2.12. The number of nitrogens with zero attached hydrogens (tertiary/aromatic N) is 3. The molecule has 2 heterocycles. The van der Waals surface area contributed by atoms with Gasteiger partial charge in [0.2, 0.25) is 5.95 Å². The first-order chi connectivity index (χ1) is 10.3. The molecule has 0 bridgehead atoms. The highest BCUT2D eigenvalue weighted by molar-refractivity contribution is 5.34. The normalized spacial score (nSPS) is 15.6. The van der Waals surface area contributed by atoms with Crippen molar-refractivity contribution < 1.29 is 9.13 Å². The molecule has 6 heteroatoms. The maximum Gasteiger partial charge on any atom is 0.225 e. The summed E-state index contributed by atoms with van der Waals surface area (Å²) in [4.78, 5) is 10.8. The summed E-state index contributed by atoms with van der Waals surface area (Å²) in [6.07, 6.45) is 4.31. The van der Waals surface area contributed by atoms with Gasteiger partial charge in [0, 0.05) is 25.7 Å². The van der Waals surface area contributed by atoms with Crippen molar-refractivity contribution in [2.24, 2.45) is 0 Å². The Kier molecular flexibility index (Phi) is 4.25. The summed E-state index contributed by atoms with van der Waals surface area (Å²) < 4.78 is 18.6. The van der Waals surface area contributed by atoms with Crippen molar-refractivity contribution in [3.63, 3.8) is 0 Å². The topological polar surface area (TPSA) is 50.3 Å². The van der Waals surface area contributed by atoms with Crippen LogP contribution in [0.1, 0.15) is 6.42 Å². The van der Waals surface area contributed by atoms with Crippen LogP contribution in [0.2, 0.25) is 0 Å². The Morgan fingerprint density at radius 1 is 1.10 bits per heavy atom. The minimum Gasteiger partial charge on any atom is -0.454 e. The minimum absolute atomic E-state index is 0.331. The van der Waals surface area contributed by atoms with Crippen LogP contribution in [0, 0.1) is 5.82 Å². The zero-order chi connectivity index (χ0) is 14.5. The number of benzene rings is 1. The Bertz CT molecular complexity index is 582. The van der Waals surface area contributed by atoms with Crippen LogP contribution in [0.4, 0.5) is 10.3 Å². The molecule has 0 radical (unpaired) electrons. The molecule has 1 aromatic carbocycles. The van der Waals surface area contributed by atoms with E-state index in [4.69, 9.17) is 4.74 Å². The molecule has 1 aromatic heterocycles. The quantitative estimate of drug-likeness (QED) is 0.938. The van der Waals surface area contributed by atoms with Crippen molar-refractivity contribution in [3.05, 3.63) is 42.5 Å². The van der Waals surface area contributed by atoms with E-state index in [9.17, 15) is 4.39 Å². The predicted molar refractivity (Wildman–Crippen MR) is 78.2 cm³/mol. The number of hydrogen-bond acceptors (Lipinski definition) is 5. The predicted octanol–water partition coefficient (Wildman–Crippen LogP) is 2.21. The van der Waals surface area contributed by atoms with Gasteiger partial charge >= 0.3 is 0 Å². The molecule has 1 fully saturated rings. The van der Waals surface area contributed by atoms with E-state index in [1.807, 2.05) is 0 Å². The Morgan fingerprint density at radius 3 is 2.76 bits per heavy atom. The lowest BCUT2D eigenvalue weighted by atomic mass is 10.3. The second-order valence-electron chi connectivity index (χ2n) is 4.87. The van der Waals surface area contributed by atoms with Crippen molar-refractivity contribution in [2.75, 3.05) is 31.1 Å². The van der Waals surface area contributed by atoms with Crippen LogP contribution in [-0.2, 0) is 0 Å². The third-order valence-corrected chi connectivity index (χ3v) is 3.27. The van der Waals surface area contributed by atoms with Crippen LogP contribution >= 0.6 is 0 Å². The summed E-state index contributed by atoms with van der Waals surface area (Å²) in [6, 6.07) is 6.00. The van der Waals surface area contributed by atoms with E-state index < -0.39 is 0 Å². The van der Waals surface area contributed by atoms with Crippen molar-refractivity contribution in [2.45, 2.75) is 6.42 Å². The first kappa shape index (κ1) is 13.8. The molecule has 21 heavy (non-hydrogen) atoms. The fourth-order valence-electron chi connectivity index (χ4n) is 2.24. The van der Waals surface area contributed by atoms with E-state index >= 15 is 0 Å². The zero-order valence-electron chi connectivity index (χ0n) is 11.6. The van der Waals surface area contributed by atoms with Gasteiger partial charge in [-0.25, -0.2) is 14.4 Å². The lowest BCUT2D eigenvalue weighted by Crippen LogP contribution is -2.29. The molecule has 0 amide bonds. The Balaban J connectivity index is 1.68. The van der Waals surface area contributed by atoms with Crippen LogP contribution < -0.4 is 15.0 Å². The van der Waals surface area contributed by atoms with E-state index in [-0.39, 0.29) is 5.82 Å². The summed E-state index contributed by atoms with van der Waals surface area (Å²) in [5.74, 6) is 1.30. The molecule has 0 saturated carbocycles. The zero-order valence-corrected chi connectivity index (χ0v) is 11.6. The number of halogens is 1. The fourth-order valence-corrected chi connectivity index (χ4v) is 2.24. The van der Waals surface area contributed by atoms with E-state index in [1.54, 1.807) is 24.5 Å². The number of rotatable bonds is 3. The highest BCUT2D eigenvalue weighted by Crippen LogP contribution is 2.21. The largest absolute Gasteiger partial charge is 0.454 e. The van der Waals surface area contributed by atoms with Crippen LogP contribution in [0.3, 0.4) is 0 Å². The molecule has 1 aliphatic rings. The fraction of sp³-hybridized carbons (Fsp3) is 0.333. The molecule has 110 valence electrons. The van der Waals surface area contributed by atoms with E-state index in [1.165, 1.54) is 12.1 Å². The monoisotopic (exact) mass is 288 g/mol. The number of aromatic nitrogens is 2. The van der Waals surface area contributed by atoms with Gasteiger partial charge in [-0.05, 0) is 25.1 Å². The maximum atomic E-state index is 13.1. The number of hydrogen-bond donors (Lipinski definition) is 1. The van der Waals surface area contributed by atoms with Crippen molar-refractivity contribution >= 4 is 5.95 Å². The Morgan fingerprint density at radius 2 is 1.95 bits per heavy atom. The number of ether oxygens (including phenoxy) is 1. The Hall–Kier alpha value is -2.21. The summed E-state index contributed by atoms with van der Waals surface area (Å²) in [5.41, 5.74) is 0. The van der Waals surface area contributed by atoms with Gasteiger partial charge in [0.05, 0.1) is 12.4 Å². The SMILES string of the molecule is Fc1cccc(Oc2cnc(N3CCCNCC3)nc2)c1. The molecule has 0 atom stereocenters. The molecule has 2 aromatic rings. The first-order valence-corrected chi connectivity index (χ1v) is 7.02. The first-order valence-electron chi connectivity index (χ1n) is 7.02. The van der Waals surface area contributed by atoms with Gasteiger partial charge in [0.15, 0.2) is 5.75 Å². The van der Waals surface area contributed by atoms with Crippen LogP contribution in [-0.4, -0.2) is 36.1 Å². The summed E-state index contributed by atoms with van der Waals surface area (Å²) in [6.45, 7) is 3.80. The average Bonchev–Trinajstić information content (AvgIpc) is 2.77. The minimum atomic E-state index is -0.331.